The van der Waals surface area contributed by atoms with Crippen molar-refractivity contribution >= 4 is 5.91 Å². The summed E-state index contributed by atoms with van der Waals surface area (Å²) >= 11 is 0. The van der Waals surface area contributed by atoms with E-state index >= 15 is 0 Å². The Morgan fingerprint density at radius 1 is 1.33 bits per heavy atom. The maximum Gasteiger partial charge on any atom is 0.226 e. The number of carbonyl (C=O) groups excluding carboxylic acids is 1. The Hall–Kier alpha value is -0.570. The molecule has 0 spiro atoms. The summed E-state index contributed by atoms with van der Waals surface area (Å²) in [4.78, 5) is 14.4. The molecule has 1 heterocycles. The van der Waals surface area contributed by atoms with Gasteiger partial charge in [-0.05, 0) is 19.3 Å². The third kappa shape index (κ3) is 2.33. The first kappa shape index (κ1) is 10.9. The van der Waals surface area contributed by atoms with Gasteiger partial charge in [-0.2, -0.15) is 0 Å². The fourth-order valence-electron chi connectivity index (χ4n) is 2.61. The van der Waals surface area contributed by atoms with Gasteiger partial charge in [0.05, 0.1) is 6.04 Å². The van der Waals surface area contributed by atoms with Gasteiger partial charge in [0, 0.05) is 25.6 Å². The van der Waals surface area contributed by atoms with Crippen LogP contribution in [0.5, 0.6) is 0 Å². The first-order valence-corrected chi connectivity index (χ1v) is 6.34. The number of hydrogen-bond donors (Lipinski definition) is 1. The van der Waals surface area contributed by atoms with Gasteiger partial charge in [0.25, 0.3) is 0 Å². The molecule has 0 aromatic heterocycles. The van der Waals surface area contributed by atoms with Gasteiger partial charge in [0.2, 0.25) is 5.91 Å². The van der Waals surface area contributed by atoms with Crippen LogP contribution in [0.4, 0.5) is 0 Å². The van der Waals surface area contributed by atoms with Gasteiger partial charge < -0.3 is 10.2 Å². The lowest BCUT2D eigenvalue weighted by atomic mass is 10.0. The fourth-order valence-corrected chi connectivity index (χ4v) is 2.61. The topological polar surface area (TPSA) is 32.3 Å². The van der Waals surface area contributed by atoms with Crippen molar-refractivity contribution in [2.75, 3.05) is 19.6 Å². The zero-order valence-electron chi connectivity index (χ0n) is 9.67. The summed E-state index contributed by atoms with van der Waals surface area (Å²) in [5.41, 5.74) is 0. The summed E-state index contributed by atoms with van der Waals surface area (Å²) in [5, 5.41) is 3.25. The fraction of sp³-hybridized carbons (Fsp3) is 0.917. The van der Waals surface area contributed by atoms with Crippen LogP contribution in [0.1, 0.15) is 39.0 Å². The Morgan fingerprint density at radius 3 is 2.47 bits per heavy atom. The molecule has 1 saturated heterocycles. The molecule has 1 saturated carbocycles. The van der Waals surface area contributed by atoms with Crippen molar-refractivity contribution in [1.29, 1.82) is 0 Å². The summed E-state index contributed by atoms with van der Waals surface area (Å²) < 4.78 is 0. The highest BCUT2D eigenvalue weighted by Gasteiger charge is 2.33. The Bertz CT molecular complexity index is 220. The Morgan fingerprint density at radius 2 is 2.00 bits per heavy atom. The molecule has 1 aliphatic heterocycles. The quantitative estimate of drug-likeness (QED) is 0.760. The van der Waals surface area contributed by atoms with Gasteiger partial charge in [-0.25, -0.2) is 0 Å². The molecule has 1 N–H and O–H groups in total. The molecule has 2 aliphatic rings. The van der Waals surface area contributed by atoms with Crippen LogP contribution in [0.2, 0.25) is 0 Å². The van der Waals surface area contributed by atoms with E-state index in [0.717, 1.165) is 38.9 Å². The van der Waals surface area contributed by atoms with Crippen LogP contribution in [0.15, 0.2) is 0 Å². The molecular formula is C12H22N2O. The van der Waals surface area contributed by atoms with E-state index in [9.17, 15) is 4.79 Å². The van der Waals surface area contributed by atoms with Crippen molar-refractivity contribution in [1.82, 2.24) is 10.2 Å². The molecule has 3 heteroatoms. The molecule has 86 valence electrons. The summed E-state index contributed by atoms with van der Waals surface area (Å²) in [7, 11) is 0. The van der Waals surface area contributed by atoms with Crippen molar-refractivity contribution in [3.05, 3.63) is 0 Å². The zero-order chi connectivity index (χ0) is 10.7. The molecule has 2 rings (SSSR count). The molecule has 0 atom stereocenters. The van der Waals surface area contributed by atoms with Crippen molar-refractivity contribution in [3.8, 4) is 0 Å². The van der Waals surface area contributed by atoms with E-state index in [0.29, 0.717) is 17.9 Å². The predicted octanol–water partition coefficient (Wildman–Crippen LogP) is 1.39. The van der Waals surface area contributed by atoms with Crippen LogP contribution in [-0.4, -0.2) is 36.5 Å². The number of carbonyl (C=O) groups is 1. The monoisotopic (exact) mass is 210 g/mol. The normalized spacial score (nSPS) is 22.7. The van der Waals surface area contributed by atoms with E-state index in [1.54, 1.807) is 0 Å². The summed E-state index contributed by atoms with van der Waals surface area (Å²) in [6.45, 7) is 5.10. The lowest BCUT2D eigenvalue weighted by molar-refractivity contribution is -0.138. The second kappa shape index (κ2) is 4.97. The summed E-state index contributed by atoms with van der Waals surface area (Å²) in [6, 6.07) is 0.484. The number of amides is 1. The zero-order valence-corrected chi connectivity index (χ0v) is 9.67. The van der Waals surface area contributed by atoms with Gasteiger partial charge in [0.15, 0.2) is 0 Å². The Labute approximate surface area is 92.2 Å². The molecule has 0 radical (unpaired) electrons. The lowest BCUT2D eigenvalue weighted by Crippen LogP contribution is -2.59. The Balaban J connectivity index is 1.92. The maximum absolute atomic E-state index is 12.3. The summed E-state index contributed by atoms with van der Waals surface area (Å²) in [5.74, 6) is 0.776. The van der Waals surface area contributed by atoms with E-state index in [1.165, 1.54) is 12.8 Å². The highest BCUT2D eigenvalue weighted by Crippen LogP contribution is 2.27. The van der Waals surface area contributed by atoms with Crippen LogP contribution in [-0.2, 0) is 4.79 Å². The largest absolute Gasteiger partial charge is 0.337 e. The van der Waals surface area contributed by atoms with Crippen molar-refractivity contribution < 1.29 is 4.79 Å². The van der Waals surface area contributed by atoms with Crippen LogP contribution < -0.4 is 5.32 Å². The molecule has 2 fully saturated rings. The van der Waals surface area contributed by atoms with Crippen LogP contribution in [0.25, 0.3) is 0 Å². The SMILES string of the molecule is CCCN(C(=O)C1CCCC1)C1CNC1. The second-order valence-electron chi connectivity index (χ2n) is 4.83. The van der Waals surface area contributed by atoms with Crippen molar-refractivity contribution in [2.24, 2.45) is 5.92 Å². The van der Waals surface area contributed by atoms with Crippen LogP contribution in [0.3, 0.4) is 0 Å². The summed E-state index contributed by atoms with van der Waals surface area (Å²) in [6.07, 6.45) is 5.83. The van der Waals surface area contributed by atoms with E-state index < -0.39 is 0 Å². The van der Waals surface area contributed by atoms with Gasteiger partial charge in [0.1, 0.15) is 0 Å². The molecule has 3 nitrogen and oxygen atoms in total. The Kier molecular flexibility index (Phi) is 3.62. The van der Waals surface area contributed by atoms with E-state index in [-0.39, 0.29) is 0 Å². The predicted molar refractivity (Wildman–Crippen MR) is 60.6 cm³/mol. The molecule has 0 aromatic rings. The van der Waals surface area contributed by atoms with E-state index in [1.807, 2.05) is 0 Å². The second-order valence-corrected chi connectivity index (χ2v) is 4.83. The number of rotatable bonds is 4. The minimum absolute atomic E-state index is 0.345. The minimum atomic E-state index is 0.345. The number of hydrogen-bond acceptors (Lipinski definition) is 2. The standard InChI is InChI=1S/C12H22N2O/c1-2-7-14(11-8-13-9-11)12(15)10-5-3-4-6-10/h10-11,13H,2-9H2,1H3. The average Bonchev–Trinajstić information content (AvgIpc) is 2.66. The molecule has 15 heavy (non-hydrogen) atoms. The van der Waals surface area contributed by atoms with Gasteiger partial charge in [-0.3, -0.25) is 4.79 Å². The molecular weight excluding hydrogens is 188 g/mol. The maximum atomic E-state index is 12.3. The minimum Gasteiger partial charge on any atom is -0.337 e. The van der Waals surface area contributed by atoms with Crippen molar-refractivity contribution in [3.63, 3.8) is 0 Å². The van der Waals surface area contributed by atoms with Crippen LogP contribution in [0, 0.1) is 5.92 Å². The first-order valence-electron chi connectivity index (χ1n) is 6.34. The molecule has 1 aliphatic carbocycles. The smallest absolute Gasteiger partial charge is 0.226 e. The highest BCUT2D eigenvalue weighted by atomic mass is 16.2. The molecule has 0 aromatic carbocycles. The number of nitrogens with zero attached hydrogens (tertiary/aromatic N) is 1. The van der Waals surface area contributed by atoms with Gasteiger partial charge >= 0.3 is 0 Å². The van der Waals surface area contributed by atoms with Crippen LogP contribution >= 0.6 is 0 Å². The average molecular weight is 210 g/mol. The molecule has 1 amide bonds. The molecule has 0 bridgehead atoms. The third-order valence-corrected chi connectivity index (χ3v) is 3.65. The third-order valence-electron chi connectivity index (χ3n) is 3.65. The number of nitrogens with one attached hydrogen (secondary N) is 1. The molecule has 0 unspecified atom stereocenters. The highest BCUT2D eigenvalue weighted by molar-refractivity contribution is 5.79. The van der Waals surface area contributed by atoms with Gasteiger partial charge in [-0.15, -0.1) is 0 Å². The van der Waals surface area contributed by atoms with E-state index in [2.05, 4.69) is 17.1 Å². The first-order chi connectivity index (χ1) is 7.33. The van der Waals surface area contributed by atoms with E-state index in [4.69, 9.17) is 0 Å². The van der Waals surface area contributed by atoms with Crippen molar-refractivity contribution in [2.45, 2.75) is 45.1 Å². The lowest BCUT2D eigenvalue weighted by Gasteiger charge is -2.39. The van der Waals surface area contributed by atoms with Gasteiger partial charge in [-0.1, -0.05) is 19.8 Å².